The fourth-order valence-electron chi connectivity index (χ4n) is 0. The van der Waals surface area contributed by atoms with Gasteiger partial charge in [0.25, 0.3) is 5.97 Å². The van der Waals surface area contributed by atoms with Crippen LogP contribution in [0.4, 0.5) is 0 Å². The molecule has 0 radical (unpaired) electrons. The number of aliphatic carboxylic acids is 2. The summed E-state index contributed by atoms with van der Waals surface area (Å²) in [5, 5.41) is 16.3. The van der Waals surface area contributed by atoms with E-state index in [9.17, 15) is 0 Å². The molecule has 0 aliphatic rings. The molecule has 0 rings (SSSR count). The first-order chi connectivity index (χ1) is 3.46. The van der Waals surface area contributed by atoms with Crippen LogP contribution in [0.25, 0.3) is 0 Å². The first kappa shape index (κ1) is 22.5. The number of hydrogen-bond donors (Lipinski definition) is 1. The molecule has 0 spiro atoms. The molecule has 0 unspecified atom stereocenters. The molecule has 6 heteroatoms. The topological polar surface area (TPSA) is 77.4 Å². The van der Waals surface area contributed by atoms with Gasteiger partial charge < -0.3 is 15.0 Å². The Balaban J connectivity index is -0.0000000300. The molecule has 0 aliphatic carbocycles. The van der Waals surface area contributed by atoms with Crippen LogP contribution in [-0.2, 0) is 9.59 Å². The minimum absolute atomic E-state index is 0. The molecule has 10 heavy (non-hydrogen) atoms. The fraction of sp³-hybridized carbons (Fsp3) is 0.500. The van der Waals surface area contributed by atoms with E-state index in [0.717, 1.165) is 13.8 Å². The van der Waals surface area contributed by atoms with Crippen molar-refractivity contribution < 1.29 is 49.4 Å². The predicted octanol–water partition coefficient (Wildman–Crippen LogP) is -3.73. The van der Waals surface area contributed by atoms with Crippen LogP contribution in [0.3, 0.4) is 0 Å². The van der Waals surface area contributed by atoms with Crippen molar-refractivity contribution in [3.63, 3.8) is 0 Å². The summed E-state index contributed by atoms with van der Waals surface area (Å²) in [5.74, 6) is -1.92. The minimum Gasteiger partial charge on any atom is -0.550 e. The summed E-state index contributed by atoms with van der Waals surface area (Å²) in [7, 11) is 0. The summed E-state index contributed by atoms with van der Waals surface area (Å²) >= 11 is 0. The Labute approximate surface area is 87.3 Å². The van der Waals surface area contributed by atoms with Crippen molar-refractivity contribution in [3.8, 4) is 0 Å². The molecule has 0 fully saturated rings. The van der Waals surface area contributed by atoms with E-state index in [2.05, 4.69) is 0 Å². The first-order valence-corrected chi connectivity index (χ1v) is 1.84. The normalized spacial score (nSPS) is 5.00. The summed E-state index contributed by atoms with van der Waals surface area (Å²) in [4.78, 5) is 17.9. The second kappa shape index (κ2) is 16.1. The maximum atomic E-state index is 9.00. The molecule has 0 atom stereocenters. The molecule has 0 saturated heterocycles. The Kier molecular flexibility index (Phi) is 36.2. The summed E-state index contributed by atoms with van der Waals surface area (Å²) < 4.78 is 0. The third kappa shape index (κ3) is 8130. The molecular weight excluding hydrogens is 170 g/mol. The number of halogens is 1. The van der Waals surface area contributed by atoms with E-state index in [4.69, 9.17) is 19.8 Å². The van der Waals surface area contributed by atoms with Crippen molar-refractivity contribution in [2.75, 3.05) is 0 Å². The van der Waals surface area contributed by atoms with Gasteiger partial charge in [-0.15, -0.1) is 12.4 Å². The van der Waals surface area contributed by atoms with Crippen LogP contribution in [0.1, 0.15) is 13.8 Å². The average molecular weight is 179 g/mol. The van der Waals surface area contributed by atoms with Gasteiger partial charge in [-0.3, -0.25) is 4.79 Å². The van der Waals surface area contributed by atoms with Crippen molar-refractivity contribution >= 4 is 24.3 Å². The third-order valence-corrected chi connectivity index (χ3v) is 0. The average Bonchev–Trinajstić information content (AvgIpc) is 1.25. The fourth-order valence-corrected chi connectivity index (χ4v) is 0. The predicted molar refractivity (Wildman–Crippen MR) is 31.2 cm³/mol. The van der Waals surface area contributed by atoms with E-state index in [1.54, 1.807) is 0 Å². The van der Waals surface area contributed by atoms with Crippen LogP contribution < -0.4 is 34.7 Å². The van der Waals surface area contributed by atoms with Crippen LogP contribution in [0.15, 0.2) is 0 Å². The second-order valence-electron chi connectivity index (χ2n) is 1.01. The molecule has 0 aromatic carbocycles. The van der Waals surface area contributed by atoms with Crippen molar-refractivity contribution in [1.82, 2.24) is 0 Å². The van der Waals surface area contributed by atoms with Crippen LogP contribution >= 0.6 is 12.4 Å². The Morgan fingerprint density at radius 3 is 1.30 bits per heavy atom. The third-order valence-electron chi connectivity index (χ3n) is 0. The minimum atomic E-state index is -1.08. The summed E-state index contributed by atoms with van der Waals surface area (Å²) in [6.07, 6.45) is 0. The van der Waals surface area contributed by atoms with E-state index < -0.39 is 11.9 Å². The van der Waals surface area contributed by atoms with Gasteiger partial charge in [-0.05, 0) is 6.92 Å². The van der Waals surface area contributed by atoms with Crippen LogP contribution in [-0.4, -0.2) is 17.0 Å². The van der Waals surface area contributed by atoms with Crippen molar-refractivity contribution in [3.05, 3.63) is 0 Å². The van der Waals surface area contributed by atoms with Gasteiger partial charge in [0.2, 0.25) is 0 Å². The van der Waals surface area contributed by atoms with E-state index in [1.165, 1.54) is 0 Å². The summed E-state index contributed by atoms with van der Waals surface area (Å²) in [6.45, 7) is 2.06. The molecule has 1 N–H and O–H groups in total. The van der Waals surface area contributed by atoms with E-state index in [-0.39, 0.29) is 42.0 Å². The van der Waals surface area contributed by atoms with Gasteiger partial charge in [0.05, 0.1) is 0 Å². The zero-order chi connectivity index (χ0) is 7.15. The molecule has 0 amide bonds. The van der Waals surface area contributed by atoms with E-state index in [1.807, 2.05) is 0 Å². The Morgan fingerprint density at radius 2 is 1.30 bits per heavy atom. The number of rotatable bonds is 0. The second-order valence-corrected chi connectivity index (χ2v) is 1.01. The van der Waals surface area contributed by atoms with Crippen molar-refractivity contribution in [2.45, 2.75) is 13.8 Å². The van der Waals surface area contributed by atoms with E-state index in [0.29, 0.717) is 0 Å². The monoisotopic (exact) mass is 178 g/mol. The summed E-state index contributed by atoms with van der Waals surface area (Å²) in [5.41, 5.74) is 0. The van der Waals surface area contributed by atoms with Gasteiger partial charge >= 0.3 is 29.6 Å². The molecule has 56 valence electrons. The Bertz CT molecular complexity index is 75.3. The number of carboxylic acid groups (broad SMARTS) is 2. The molecule has 0 heterocycles. The smallest absolute Gasteiger partial charge is 0.550 e. The number of carbonyl (C=O) groups is 2. The van der Waals surface area contributed by atoms with Crippen molar-refractivity contribution in [1.29, 1.82) is 0 Å². The van der Waals surface area contributed by atoms with Crippen molar-refractivity contribution in [2.24, 2.45) is 0 Å². The molecule has 0 saturated carbocycles. The number of carbonyl (C=O) groups excluding carboxylic acids is 1. The van der Waals surface area contributed by atoms with Gasteiger partial charge in [-0.25, -0.2) is 0 Å². The molecule has 0 aromatic rings. The Morgan fingerprint density at radius 1 is 1.30 bits per heavy atom. The molecule has 0 aromatic heterocycles. The van der Waals surface area contributed by atoms with E-state index >= 15 is 0 Å². The number of carboxylic acids is 2. The maximum Gasteiger partial charge on any atom is 1.00 e. The van der Waals surface area contributed by atoms with Crippen LogP contribution in [0.5, 0.6) is 0 Å². The molecule has 0 bridgehead atoms. The zero-order valence-corrected chi connectivity index (χ0v) is 8.90. The van der Waals surface area contributed by atoms with Gasteiger partial charge in [0.1, 0.15) is 0 Å². The SMILES string of the molecule is CC(=O)O.CC(=O)[O-].Cl.[Na+]. The molecule has 4 nitrogen and oxygen atoms in total. The largest absolute Gasteiger partial charge is 1.00 e. The van der Waals surface area contributed by atoms with Gasteiger partial charge in [-0.2, -0.15) is 0 Å². The maximum absolute atomic E-state index is 9.00. The van der Waals surface area contributed by atoms with Gasteiger partial charge in [0, 0.05) is 12.9 Å². The number of hydrogen-bond acceptors (Lipinski definition) is 3. The van der Waals surface area contributed by atoms with Gasteiger partial charge in [0.15, 0.2) is 0 Å². The van der Waals surface area contributed by atoms with Crippen LogP contribution in [0, 0.1) is 0 Å². The zero-order valence-electron chi connectivity index (χ0n) is 6.08. The standard InChI is InChI=1S/2C2H4O2.ClH.Na/c2*1-2(3)4;;/h2*1H3,(H,3,4);1H;/q;;;+1/p-1. The first-order valence-electron chi connectivity index (χ1n) is 1.84. The quantitative estimate of drug-likeness (QED) is 0.387. The Hall–Kier alpha value is 0.230. The molecule has 0 aliphatic heterocycles. The molecular formula is C4H8ClNaO4. The summed E-state index contributed by atoms with van der Waals surface area (Å²) in [6, 6.07) is 0. The van der Waals surface area contributed by atoms with Gasteiger partial charge in [-0.1, -0.05) is 0 Å². The van der Waals surface area contributed by atoms with Crippen LogP contribution in [0.2, 0.25) is 0 Å².